The molecule has 10 nitrogen and oxygen atoms in total. The average molecular weight is 598 g/mol. The van der Waals surface area contributed by atoms with Crippen LogP contribution in [-0.2, 0) is 28.9 Å². The molecule has 0 bridgehead atoms. The number of carbonyl (C=O) groups is 2. The number of hydrogen-bond donors (Lipinski definition) is 2. The number of aromatic amines is 1. The molecule has 0 aliphatic heterocycles. The lowest BCUT2D eigenvalue weighted by atomic mass is 9.98. The minimum Gasteiger partial charge on any atom is -0.469 e. The van der Waals surface area contributed by atoms with Crippen LogP contribution < -0.4 is 5.32 Å². The molecule has 0 aliphatic rings. The highest BCUT2D eigenvalue weighted by atomic mass is 35.5. The van der Waals surface area contributed by atoms with E-state index in [1.54, 1.807) is 6.07 Å². The van der Waals surface area contributed by atoms with Crippen molar-refractivity contribution in [3.8, 4) is 22.5 Å². The topological polar surface area (TPSA) is 128 Å². The van der Waals surface area contributed by atoms with E-state index in [2.05, 4.69) is 62.2 Å². The third-order valence-corrected chi connectivity index (χ3v) is 7.48. The fourth-order valence-corrected chi connectivity index (χ4v) is 5.19. The summed E-state index contributed by atoms with van der Waals surface area (Å²) in [7, 11) is 1.33. The van der Waals surface area contributed by atoms with Crippen LogP contribution in [0.15, 0.2) is 78.9 Å². The molecule has 3 aromatic carbocycles. The molecule has 1 atom stereocenters. The Morgan fingerprint density at radius 1 is 1.02 bits per heavy atom. The SMILES string of the molecule is CCCc1cc(C(=O)N[C@@H](CC(=O)OC)Cc2ccccc2Cl)nn1Cc1ccc(-c2ccccc2-c2nn[nH]n2)cc1. The summed E-state index contributed by atoms with van der Waals surface area (Å²) >= 11 is 6.35. The van der Waals surface area contributed by atoms with E-state index in [1.165, 1.54) is 7.11 Å². The van der Waals surface area contributed by atoms with Crippen LogP contribution in [0.2, 0.25) is 5.02 Å². The summed E-state index contributed by atoms with van der Waals surface area (Å²) in [4.78, 5) is 25.5. The fourth-order valence-electron chi connectivity index (χ4n) is 4.98. The molecule has 43 heavy (non-hydrogen) atoms. The predicted molar refractivity (Wildman–Crippen MR) is 163 cm³/mol. The van der Waals surface area contributed by atoms with Gasteiger partial charge in [0.2, 0.25) is 5.82 Å². The number of amides is 1. The molecule has 0 fully saturated rings. The Bertz CT molecular complexity index is 1680. The standard InChI is InChI=1S/C32H32ClN7O3/c1-3-8-25-19-29(32(42)34-24(18-30(41)43-2)17-23-9-4-7-12-28(23)33)37-40(25)20-21-13-15-22(16-14-21)26-10-5-6-11-27(26)31-35-38-39-36-31/h4-7,9-16,19,24H,3,8,17-18,20H2,1-2H3,(H,34,42)(H,35,36,38,39)/t24-/m1/s1. The first-order valence-corrected chi connectivity index (χ1v) is 14.4. The molecule has 11 heteroatoms. The summed E-state index contributed by atoms with van der Waals surface area (Å²) < 4.78 is 6.73. The zero-order valence-electron chi connectivity index (χ0n) is 24.0. The molecule has 5 aromatic rings. The molecule has 220 valence electrons. The highest BCUT2D eigenvalue weighted by Gasteiger charge is 2.22. The van der Waals surface area contributed by atoms with Gasteiger partial charge in [-0.3, -0.25) is 14.3 Å². The summed E-state index contributed by atoms with van der Waals surface area (Å²) in [5, 5.41) is 22.7. The minimum atomic E-state index is -0.512. The van der Waals surface area contributed by atoms with Gasteiger partial charge in [-0.15, -0.1) is 10.2 Å². The Hall–Kier alpha value is -4.83. The number of benzene rings is 3. The van der Waals surface area contributed by atoms with Gasteiger partial charge >= 0.3 is 5.97 Å². The Labute approximate surface area is 254 Å². The van der Waals surface area contributed by atoms with Gasteiger partial charge in [-0.05, 0) is 52.4 Å². The molecule has 0 unspecified atom stereocenters. The van der Waals surface area contributed by atoms with Crippen molar-refractivity contribution >= 4 is 23.5 Å². The number of methoxy groups -OCH3 is 1. The molecule has 0 aliphatic carbocycles. The van der Waals surface area contributed by atoms with E-state index in [0.717, 1.165) is 46.4 Å². The van der Waals surface area contributed by atoms with Gasteiger partial charge < -0.3 is 10.1 Å². The van der Waals surface area contributed by atoms with Gasteiger partial charge in [0, 0.05) is 22.3 Å². The Kier molecular flexibility index (Phi) is 9.58. The van der Waals surface area contributed by atoms with E-state index in [-0.39, 0.29) is 12.3 Å². The van der Waals surface area contributed by atoms with Crippen LogP contribution in [0.3, 0.4) is 0 Å². The summed E-state index contributed by atoms with van der Waals surface area (Å²) in [5.41, 5.74) is 6.02. The predicted octanol–water partition coefficient (Wildman–Crippen LogP) is 5.29. The maximum Gasteiger partial charge on any atom is 0.307 e. The lowest BCUT2D eigenvalue weighted by Crippen LogP contribution is -2.38. The number of nitrogens with one attached hydrogen (secondary N) is 2. The van der Waals surface area contributed by atoms with Gasteiger partial charge in [0.25, 0.3) is 5.91 Å². The number of nitrogens with zero attached hydrogens (tertiary/aromatic N) is 5. The van der Waals surface area contributed by atoms with Crippen LogP contribution in [0.1, 0.15) is 47.1 Å². The van der Waals surface area contributed by atoms with E-state index >= 15 is 0 Å². The first-order chi connectivity index (χ1) is 20.9. The Morgan fingerprint density at radius 3 is 2.47 bits per heavy atom. The van der Waals surface area contributed by atoms with E-state index in [9.17, 15) is 9.59 Å². The molecule has 0 saturated heterocycles. The second-order valence-electron chi connectivity index (χ2n) is 10.2. The van der Waals surface area contributed by atoms with Crippen molar-refractivity contribution in [3.05, 3.63) is 106 Å². The van der Waals surface area contributed by atoms with Crippen molar-refractivity contribution in [2.45, 2.75) is 45.2 Å². The number of rotatable bonds is 12. The zero-order valence-corrected chi connectivity index (χ0v) is 24.7. The van der Waals surface area contributed by atoms with Crippen molar-refractivity contribution in [3.63, 3.8) is 0 Å². The van der Waals surface area contributed by atoms with Crippen molar-refractivity contribution < 1.29 is 14.3 Å². The molecular weight excluding hydrogens is 566 g/mol. The van der Waals surface area contributed by atoms with E-state index < -0.39 is 12.0 Å². The average Bonchev–Trinajstić information content (AvgIpc) is 3.70. The highest BCUT2D eigenvalue weighted by Crippen LogP contribution is 2.30. The number of aromatic nitrogens is 6. The van der Waals surface area contributed by atoms with Gasteiger partial charge in [0.1, 0.15) is 5.69 Å². The maximum atomic E-state index is 13.4. The van der Waals surface area contributed by atoms with Crippen molar-refractivity contribution in [2.24, 2.45) is 0 Å². The molecule has 0 spiro atoms. The van der Waals surface area contributed by atoms with Crippen LogP contribution in [0.4, 0.5) is 0 Å². The number of aryl methyl sites for hydroxylation is 1. The lowest BCUT2D eigenvalue weighted by Gasteiger charge is -2.18. The van der Waals surface area contributed by atoms with Gasteiger partial charge in [-0.1, -0.05) is 91.7 Å². The quantitative estimate of drug-likeness (QED) is 0.187. The summed E-state index contributed by atoms with van der Waals surface area (Å²) in [6, 6.07) is 24.8. The van der Waals surface area contributed by atoms with Crippen molar-refractivity contribution in [1.82, 2.24) is 35.7 Å². The van der Waals surface area contributed by atoms with Crippen LogP contribution in [0.25, 0.3) is 22.5 Å². The van der Waals surface area contributed by atoms with Crippen molar-refractivity contribution in [2.75, 3.05) is 7.11 Å². The first-order valence-electron chi connectivity index (χ1n) is 14.0. The Balaban J connectivity index is 1.33. The molecule has 0 radical (unpaired) electrons. The third kappa shape index (κ3) is 7.34. The monoisotopic (exact) mass is 597 g/mol. The lowest BCUT2D eigenvalue weighted by molar-refractivity contribution is -0.141. The van der Waals surface area contributed by atoms with E-state index in [1.807, 2.05) is 53.2 Å². The van der Waals surface area contributed by atoms with Gasteiger partial charge in [-0.25, -0.2) is 0 Å². The second-order valence-corrected chi connectivity index (χ2v) is 10.6. The Morgan fingerprint density at radius 2 is 1.77 bits per heavy atom. The van der Waals surface area contributed by atoms with Crippen LogP contribution in [-0.4, -0.2) is 55.4 Å². The number of tetrazole rings is 1. The summed E-state index contributed by atoms with van der Waals surface area (Å²) in [5.74, 6) is -0.240. The first kappa shape index (κ1) is 29.7. The number of hydrogen-bond acceptors (Lipinski definition) is 7. The number of carbonyl (C=O) groups excluding carboxylic acids is 2. The van der Waals surface area contributed by atoms with Crippen LogP contribution >= 0.6 is 11.6 Å². The molecule has 2 aromatic heterocycles. The molecular formula is C32H32ClN7O3. The zero-order chi connectivity index (χ0) is 30.2. The second kappa shape index (κ2) is 13.9. The maximum absolute atomic E-state index is 13.4. The molecule has 2 heterocycles. The summed E-state index contributed by atoms with van der Waals surface area (Å²) in [6.45, 7) is 2.59. The highest BCUT2D eigenvalue weighted by molar-refractivity contribution is 6.31. The molecule has 0 saturated carbocycles. The van der Waals surface area contributed by atoms with Crippen LogP contribution in [0.5, 0.6) is 0 Å². The molecule has 1 amide bonds. The number of ether oxygens (including phenoxy) is 1. The van der Waals surface area contributed by atoms with Gasteiger partial charge in [0.15, 0.2) is 0 Å². The molecule has 5 rings (SSSR count). The molecule has 2 N–H and O–H groups in total. The summed E-state index contributed by atoms with van der Waals surface area (Å²) in [6.07, 6.45) is 2.06. The third-order valence-electron chi connectivity index (χ3n) is 7.11. The normalized spacial score (nSPS) is 11.7. The van der Waals surface area contributed by atoms with E-state index in [4.69, 9.17) is 16.3 Å². The number of H-pyrrole nitrogens is 1. The minimum absolute atomic E-state index is 0.0121. The van der Waals surface area contributed by atoms with Crippen LogP contribution in [0, 0.1) is 0 Å². The van der Waals surface area contributed by atoms with Gasteiger partial charge in [0.05, 0.1) is 20.1 Å². The van der Waals surface area contributed by atoms with E-state index in [0.29, 0.717) is 29.5 Å². The number of esters is 1. The van der Waals surface area contributed by atoms with Crippen molar-refractivity contribution in [1.29, 1.82) is 0 Å². The smallest absolute Gasteiger partial charge is 0.307 e. The number of halogens is 1. The largest absolute Gasteiger partial charge is 0.469 e. The fraction of sp³-hybridized carbons (Fsp3) is 0.250. The van der Waals surface area contributed by atoms with Gasteiger partial charge in [-0.2, -0.15) is 10.3 Å².